The van der Waals surface area contributed by atoms with Crippen LogP contribution in [0, 0.1) is 6.92 Å². The van der Waals surface area contributed by atoms with Crippen LogP contribution in [0.1, 0.15) is 5.56 Å². The van der Waals surface area contributed by atoms with Gasteiger partial charge in [-0.3, -0.25) is 0 Å². The van der Waals surface area contributed by atoms with E-state index in [1.54, 1.807) is 17.8 Å². The van der Waals surface area contributed by atoms with E-state index in [0.717, 1.165) is 21.8 Å². The van der Waals surface area contributed by atoms with Gasteiger partial charge in [0.2, 0.25) is 0 Å². The molecule has 0 aliphatic heterocycles. The molecule has 1 aromatic rings. The lowest BCUT2D eigenvalue weighted by molar-refractivity contribution is 1.31. The molecule has 0 aliphatic carbocycles. The van der Waals surface area contributed by atoms with Gasteiger partial charge >= 0.3 is 0 Å². The van der Waals surface area contributed by atoms with E-state index in [1.807, 2.05) is 19.2 Å². The third-order valence-corrected chi connectivity index (χ3v) is 2.51. The minimum absolute atomic E-state index is 0.734. The number of nitrogens with two attached hydrogens (primary N) is 2. The van der Waals surface area contributed by atoms with Crippen molar-refractivity contribution in [3.8, 4) is 0 Å². The van der Waals surface area contributed by atoms with Crippen LogP contribution >= 0.6 is 11.8 Å². The van der Waals surface area contributed by atoms with E-state index >= 15 is 0 Å². The number of anilines is 2. The lowest BCUT2D eigenvalue weighted by Gasteiger charge is -2.06. The second kappa shape index (κ2) is 3.05. The predicted molar refractivity (Wildman–Crippen MR) is 51.8 cm³/mol. The van der Waals surface area contributed by atoms with Gasteiger partial charge in [0.25, 0.3) is 0 Å². The number of rotatable bonds is 1. The van der Waals surface area contributed by atoms with Gasteiger partial charge in [0.1, 0.15) is 0 Å². The van der Waals surface area contributed by atoms with Crippen LogP contribution in [0.25, 0.3) is 0 Å². The Morgan fingerprint density at radius 3 is 2.45 bits per heavy atom. The zero-order valence-corrected chi connectivity index (χ0v) is 7.53. The fraction of sp³-hybridized carbons (Fsp3) is 0.250. The molecule has 4 N–H and O–H groups in total. The number of benzene rings is 1. The highest BCUT2D eigenvalue weighted by Gasteiger charge is 2.01. The largest absolute Gasteiger partial charge is 0.399 e. The van der Waals surface area contributed by atoms with E-state index in [9.17, 15) is 0 Å². The van der Waals surface area contributed by atoms with Crippen LogP contribution in [-0.2, 0) is 0 Å². The van der Waals surface area contributed by atoms with Crippen molar-refractivity contribution in [2.24, 2.45) is 0 Å². The van der Waals surface area contributed by atoms with E-state index in [0.29, 0.717) is 0 Å². The number of nitrogen functional groups attached to an aromatic ring is 2. The molecule has 0 unspecified atom stereocenters. The van der Waals surface area contributed by atoms with Crippen molar-refractivity contribution in [3.05, 3.63) is 17.7 Å². The minimum atomic E-state index is 0.734. The lowest BCUT2D eigenvalue weighted by Crippen LogP contribution is -1.94. The second-order valence-corrected chi connectivity index (χ2v) is 3.29. The average molecular weight is 168 g/mol. The van der Waals surface area contributed by atoms with Crippen LogP contribution in [0.15, 0.2) is 17.0 Å². The molecule has 0 atom stereocenters. The first-order valence-corrected chi connectivity index (χ1v) is 4.57. The van der Waals surface area contributed by atoms with Crippen LogP contribution in [0.5, 0.6) is 0 Å². The summed E-state index contributed by atoms with van der Waals surface area (Å²) >= 11 is 1.66. The first-order chi connectivity index (χ1) is 5.15. The highest BCUT2D eigenvalue weighted by atomic mass is 32.2. The predicted octanol–water partition coefficient (Wildman–Crippen LogP) is 1.88. The van der Waals surface area contributed by atoms with Gasteiger partial charge < -0.3 is 11.5 Å². The minimum Gasteiger partial charge on any atom is -0.399 e. The van der Waals surface area contributed by atoms with E-state index in [1.165, 1.54) is 0 Å². The number of thioether (sulfide) groups is 1. The molecule has 0 heterocycles. The Bertz CT molecular complexity index is 271. The number of hydrogen-bond donors (Lipinski definition) is 2. The van der Waals surface area contributed by atoms with Crippen molar-refractivity contribution in [2.45, 2.75) is 11.8 Å². The fourth-order valence-corrected chi connectivity index (χ4v) is 1.62. The monoisotopic (exact) mass is 168 g/mol. The summed E-state index contributed by atoms with van der Waals surface area (Å²) in [6.07, 6.45) is 2.02. The molecule has 0 bridgehead atoms. The maximum atomic E-state index is 5.70. The van der Waals surface area contributed by atoms with Crippen molar-refractivity contribution in [2.75, 3.05) is 17.7 Å². The third-order valence-electron chi connectivity index (χ3n) is 1.64. The molecule has 3 heteroatoms. The normalized spacial score (nSPS) is 10.0. The van der Waals surface area contributed by atoms with Crippen LogP contribution in [0.2, 0.25) is 0 Å². The van der Waals surface area contributed by atoms with Crippen LogP contribution in [0.4, 0.5) is 11.4 Å². The number of hydrogen-bond acceptors (Lipinski definition) is 3. The fourth-order valence-electron chi connectivity index (χ4n) is 0.943. The van der Waals surface area contributed by atoms with Gasteiger partial charge in [-0.05, 0) is 30.9 Å². The van der Waals surface area contributed by atoms with Crippen molar-refractivity contribution >= 4 is 23.1 Å². The molecule has 0 spiro atoms. The smallest absolute Gasteiger partial charge is 0.0375 e. The van der Waals surface area contributed by atoms with Gasteiger partial charge in [-0.1, -0.05) is 0 Å². The molecular weight excluding hydrogens is 156 g/mol. The maximum Gasteiger partial charge on any atom is 0.0375 e. The Hall–Kier alpha value is -0.830. The van der Waals surface area contributed by atoms with Gasteiger partial charge in [-0.25, -0.2) is 0 Å². The van der Waals surface area contributed by atoms with Crippen molar-refractivity contribution in [3.63, 3.8) is 0 Å². The molecule has 1 rings (SSSR count). The highest BCUT2D eigenvalue weighted by Crippen LogP contribution is 2.27. The molecule has 11 heavy (non-hydrogen) atoms. The molecule has 0 radical (unpaired) electrons. The van der Waals surface area contributed by atoms with Gasteiger partial charge in [0.05, 0.1) is 0 Å². The zero-order chi connectivity index (χ0) is 8.43. The second-order valence-electron chi connectivity index (χ2n) is 2.44. The summed E-state index contributed by atoms with van der Waals surface area (Å²) in [5.41, 5.74) is 13.9. The maximum absolute atomic E-state index is 5.70. The Labute approximate surface area is 71.0 Å². The van der Waals surface area contributed by atoms with Crippen molar-refractivity contribution < 1.29 is 0 Å². The van der Waals surface area contributed by atoms with Crippen molar-refractivity contribution in [1.29, 1.82) is 0 Å². The van der Waals surface area contributed by atoms with E-state index < -0.39 is 0 Å². The first-order valence-electron chi connectivity index (χ1n) is 3.34. The molecule has 60 valence electrons. The third kappa shape index (κ3) is 1.60. The van der Waals surface area contributed by atoms with Gasteiger partial charge in [0, 0.05) is 16.3 Å². The van der Waals surface area contributed by atoms with Gasteiger partial charge in [0.15, 0.2) is 0 Å². The quantitative estimate of drug-likeness (QED) is 0.497. The van der Waals surface area contributed by atoms with Crippen LogP contribution in [-0.4, -0.2) is 6.26 Å². The highest BCUT2D eigenvalue weighted by molar-refractivity contribution is 7.98. The molecule has 0 amide bonds. The summed E-state index contributed by atoms with van der Waals surface area (Å²) in [5.74, 6) is 0. The summed E-state index contributed by atoms with van der Waals surface area (Å²) in [6, 6.07) is 3.73. The molecule has 0 fully saturated rings. The molecular formula is C8H12N2S. The molecule has 0 aliphatic rings. The van der Waals surface area contributed by atoms with E-state index in [4.69, 9.17) is 11.5 Å². The van der Waals surface area contributed by atoms with Crippen LogP contribution < -0.4 is 11.5 Å². The summed E-state index contributed by atoms with van der Waals surface area (Å²) in [6.45, 7) is 2.00. The Morgan fingerprint density at radius 2 is 1.91 bits per heavy atom. The zero-order valence-electron chi connectivity index (χ0n) is 6.72. The Kier molecular flexibility index (Phi) is 2.29. The van der Waals surface area contributed by atoms with Crippen molar-refractivity contribution in [1.82, 2.24) is 0 Å². The average Bonchev–Trinajstić information content (AvgIpc) is 1.96. The van der Waals surface area contributed by atoms with Gasteiger partial charge in [-0.2, -0.15) is 0 Å². The Balaban J connectivity index is 3.24. The summed E-state index contributed by atoms with van der Waals surface area (Å²) in [5, 5.41) is 0. The lowest BCUT2D eigenvalue weighted by atomic mass is 10.2. The standard InChI is InChI=1S/C8H12N2S/c1-5-7(10)3-6(9)4-8(5)11-2/h3-4H,9-10H2,1-2H3. The summed E-state index contributed by atoms with van der Waals surface area (Å²) < 4.78 is 0. The molecule has 1 aromatic carbocycles. The summed E-state index contributed by atoms with van der Waals surface area (Å²) in [7, 11) is 0. The Morgan fingerprint density at radius 1 is 1.27 bits per heavy atom. The first kappa shape index (κ1) is 8.27. The topological polar surface area (TPSA) is 52.0 Å². The van der Waals surface area contributed by atoms with E-state index in [2.05, 4.69) is 0 Å². The van der Waals surface area contributed by atoms with Gasteiger partial charge in [-0.15, -0.1) is 11.8 Å². The van der Waals surface area contributed by atoms with Crippen LogP contribution in [0.3, 0.4) is 0 Å². The molecule has 0 aromatic heterocycles. The van der Waals surface area contributed by atoms with E-state index in [-0.39, 0.29) is 0 Å². The summed E-state index contributed by atoms with van der Waals surface area (Å²) in [4.78, 5) is 1.16. The molecule has 0 saturated heterocycles. The molecule has 2 nitrogen and oxygen atoms in total. The molecule has 0 saturated carbocycles. The SMILES string of the molecule is CSc1cc(N)cc(N)c1C.